The minimum Gasteiger partial charge on any atom is -0.388 e. The van der Waals surface area contributed by atoms with E-state index in [-0.39, 0.29) is 11.3 Å². The average molecular weight is 468 g/mol. The molecule has 34 heavy (non-hydrogen) atoms. The van der Waals surface area contributed by atoms with Crippen molar-refractivity contribution >= 4 is 0 Å². The van der Waals surface area contributed by atoms with Crippen molar-refractivity contribution in [3.8, 4) is 6.07 Å². The van der Waals surface area contributed by atoms with Crippen LogP contribution in [0.1, 0.15) is 91.0 Å². The van der Waals surface area contributed by atoms with E-state index in [2.05, 4.69) is 31.9 Å². The molecular formula is C29H45N3O2. The summed E-state index contributed by atoms with van der Waals surface area (Å²) in [6, 6.07) is 2.15. The Morgan fingerprint density at radius 2 is 1.88 bits per heavy atom. The number of nitrogens with zero attached hydrogens (tertiary/aromatic N) is 3. The normalized spacial score (nSPS) is 45.5. The fourth-order valence-corrected chi connectivity index (χ4v) is 9.97. The summed E-state index contributed by atoms with van der Waals surface area (Å²) in [5.41, 5.74) is 0.762. The lowest BCUT2D eigenvalue weighted by atomic mass is 9.43. The van der Waals surface area contributed by atoms with E-state index in [0.29, 0.717) is 22.9 Å². The van der Waals surface area contributed by atoms with Gasteiger partial charge in [-0.25, -0.2) is 0 Å². The van der Waals surface area contributed by atoms with Crippen LogP contribution in [-0.2, 0) is 11.3 Å². The summed E-state index contributed by atoms with van der Waals surface area (Å²) in [7, 11) is 1.86. The molecular weight excluding hydrogens is 422 g/mol. The van der Waals surface area contributed by atoms with Crippen molar-refractivity contribution < 1.29 is 9.84 Å². The zero-order chi connectivity index (χ0) is 24.4. The average Bonchev–Trinajstić information content (AvgIpc) is 3.38. The third-order valence-electron chi connectivity index (χ3n) is 11.6. The van der Waals surface area contributed by atoms with Crippen LogP contribution in [0.2, 0.25) is 0 Å². The Morgan fingerprint density at radius 3 is 2.59 bits per heavy atom. The number of nitriles is 1. The van der Waals surface area contributed by atoms with E-state index in [1.165, 1.54) is 51.4 Å². The number of aromatic nitrogens is 2. The third-order valence-corrected chi connectivity index (χ3v) is 11.6. The number of rotatable bonds is 5. The van der Waals surface area contributed by atoms with Crippen LogP contribution >= 0.6 is 0 Å². The van der Waals surface area contributed by atoms with Crippen molar-refractivity contribution in [1.82, 2.24) is 9.78 Å². The van der Waals surface area contributed by atoms with Crippen molar-refractivity contribution in [3.05, 3.63) is 18.0 Å². The van der Waals surface area contributed by atoms with Crippen LogP contribution in [0.15, 0.2) is 12.4 Å². The van der Waals surface area contributed by atoms with Crippen LogP contribution < -0.4 is 0 Å². The maximum atomic E-state index is 11.7. The van der Waals surface area contributed by atoms with Crippen LogP contribution in [0.3, 0.4) is 0 Å². The Balaban J connectivity index is 1.34. The van der Waals surface area contributed by atoms with E-state index in [4.69, 9.17) is 10.00 Å². The molecule has 4 saturated carbocycles. The van der Waals surface area contributed by atoms with Gasteiger partial charge < -0.3 is 9.84 Å². The Bertz CT molecular complexity index is 949. The molecule has 0 amide bonds. The number of ether oxygens (including phenoxy) is 1. The summed E-state index contributed by atoms with van der Waals surface area (Å²) in [5, 5.41) is 25.2. The maximum absolute atomic E-state index is 11.7. The van der Waals surface area contributed by atoms with Gasteiger partial charge in [0, 0.05) is 13.3 Å². The number of hydrogen-bond acceptors (Lipinski definition) is 4. The van der Waals surface area contributed by atoms with Crippen molar-refractivity contribution in [2.45, 2.75) is 97.6 Å². The quantitative estimate of drug-likeness (QED) is 0.592. The second-order valence-corrected chi connectivity index (χ2v) is 13.7. The van der Waals surface area contributed by atoms with Gasteiger partial charge in [-0.3, -0.25) is 4.68 Å². The van der Waals surface area contributed by atoms with Gasteiger partial charge in [-0.1, -0.05) is 20.8 Å². The number of fused-ring (bicyclic) bond motifs is 5. The molecule has 0 unspecified atom stereocenters. The number of aliphatic hydroxyl groups is 1. The highest BCUT2D eigenvalue weighted by atomic mass is 16.5. The van der Waals surface area contributed by atoms with E-state index in [1.807, 2.05) is 14.0 Å². The largest absolute Gasteiger partial charge is 0.388 e. The lowest BCUT2D eigenvalue weighted by molar-refractivity contribution is -0.151. The summed E-state index contributed by atoms with van der Waals surface area (Å²) >= 11 is 0. The monoisotopic (exact) mass is 467 g/mol. The first-order valence-corrected chi connectivity index (χ1v) is 13.7. The third kappa shape index (κ3) is 3.75. The molecule has 5 heteroatoms. The molecule has 4 aliphatic rings. The molecule has 9 atom stereocenters. The molecule has 0 spiro atoms. The van der Waals surface area contributed by atoms with E-state index in [0.717, 1.165) is 36.7 Å². The summed E-state index contributed by atoms with van der Waals surface area (Å²) in [6.07, 6.45) is 15.0. The highest BCUT2D eigenvalue weighted by Crippen LogP contribution is 2.69. The molecule has 1 heterocycles. The highest BCUT2D eigenvalue weighted by Gasteiger charge is 2.63. The summed E-state index contributed by atoms with van der Waals surface area (Å²) in [5.74, 6) is 3.48. The van der Waals surface area contributed by atoms with E-state index < -0.39 is 5.60 Å². The second-order valence-electron chi connectivity index (χ2n) is 13.7. The summed E-state index contributed by atoms with van der Waals surface area (Å²) in [4.78, 5) is 0. The van der Waals surface area contributed by atoms with Crippen LogP contribution in [0.5, 0.6) is 0 Å². The minimum absolute atomic E-state index is 0.193. The zero-order valence-corrected chi connectivity index (χ0v) is 22.0. The molecule has 1 aromatic heterocycles. The lowest BCUT2D eigenvalue weighted by Crippen LogP contribution is -2.56. The van der Waals surface area contributed by atoms with E-state index in [1.54, 1.807) is 17.1 Å². The molecule has 4 aliphatic carbocycles. The Hall–Kier alpha value is -1.38. The molecule has 0 radical (unpaired) electrons. The molecule has 0 bridgehead atoms. The zero-order valence-electron chi connectivity index (χ0n) is 22.0. The first-order valence-electron chi connectivity index (χ1n) is 13.7. The van der Waals surface area contributed by atoms with Crippen LogP contribution in [0.4, 0.5) is 0 Å². The Labute approximate surface area is 206 Å². The lowest BCUT2D eigenvalue weighted by Gasteiger charge is -2.62. The van der Waals surface area contributed by atoms with Crippen LogP contribution in [0.25, 0.3) is 0 Å². The van der Waals surface area contributed by atoms with E-state index >= 15 is 0 Å². The summed E-state index contributed by atoms with van der Waals surface area (Å²) < 4.78 is 7.39. The van der Waals surface area contributed by atoms with Gasteiger partial charge in [-0.15, -0.1) is 0 Å². The first kappa shape index (κ1) is 24.3. The molecule has 0 saturated heterocycles. The smallest absolute Gasteiger partial charge is 0.102 e. The maximum Gasteiger partial charge on any atom is 0.102 e. The molecule has 1 N–H and O–H groups in total. The van der Waals surface area contributed by atoms with Gasteiger partial charge in [0.15, 0.2) is 0 Å². The van der Waals surface area contributed by atoms with E-state index in [9.17, 15) is 5.11 Å². The fourth-order valence-electron chi connectivity index (χ4n) is 9.97. The van der Waals surface area contributed by atoms with Gasteiger partial charge >= 0.3 is 0 Å². The topological polar surface area (TPSA) is 71.1 Å². The summed E-state index contributed by atoms with van der Waals surface area (Å²) in [6.45, 7) is 11.0. The number of hydrogen-bond donors (Lipinski definition) is 1. The Morgan fingerprint density at radius 1 is 1.12 bits per heavy atom. The molecule has 5 nitrogen and oxygen atoms in total. The molecule has 5 rings (SSSR count). The molecule has 1 aromatic rings. The Kier molecular flexibility index (Phi) is 5.97. The van der Waals surface area contributed by atoms with Crippen molar-refractivity contribution in [2.75, 3.05) is 13.7 Å². The molecule has 0 aliphatic heterocycles. The fraction of sp³-hybridized carbons (Fsp3) is 0.862. The SMILES string of the molecule is COC[C@@]1(C)CC[C@@]2(C)[C@H](CC[C@@H]3[C@@H]2CC[C@@]2(C)[C@H]3CC[C@@H]2[C@](C)(O)Cn2cc(C#N)cn2)C1. The van der Waals surface area contributed by atoms with Gasteiger partial charge in [-0.2, -0.15) is 10.4 Å². The van der Waals surface area contributed by atoms with Crippen LogP contribution in [0, 0.1) is 57.2 Å². The van der Waals surface area contributed by atoms with Gasteiger partial charge in [0.1, 0.15) is 6.07 Å². The minimum atomic E-state index is -0.816. The standard InChI is InChI=1S/C29H45N3O2/c1-26(19-34-5)12-13-27(2)21(14-26)6-7-22-23-8-9-25(28(23,3)11-10-24(22)27)29(4,33)18-32-17-20(15-30)16-31-32/h16-17,21-25,33H,6-14,18-19H2,1-5H3/t21-,22+,23+,24+,25+,26+,27+,28+,29-/m1/s1. The molecule has 0 aromatic carbocycles. The van der Waals surface area contributed by atoms with Gasteiger partial charge in [-0.05, 0) is 111 Å². The highest BCUT2D eigenvalue weighted by molar-refractivity contribution is 5.22. The van der Waals surface area contributed by atoms with Crippen molar-refractivity contribution in [1.29, 1.82) is 5.26 Å². The molecule has 4 fully saturated rings. The van der Waals surface area contributed by atoms with Gasteiger partial charge in [0.05, 0.1) is 30.5 Å². The van der Waals surface area contributed by atoms with Crippen molar-refractivity contribution in [3.63, 3.8) is 0 Å². The van der Waals surface area contributed by atoms with Gasteiger partial charge in [0.2, 0.25) is 0 Å². The predicted octanol–water partition coefficient (Wildman–Crippen LogP) is 5.82. The van der Waals surface area contributed by atoms with Crippen LogP contribution in [-0.4, -0.2) is 34.2 Å². The van der Waals surface area contributed by atoms with Gasteiger partial charge in [0.25, 0.3) is 0 Å². The first-order chi connectivity index (χ1) is 16.0. The van der Waals surface area contributed by atoms with Crippen molar-refractivity contribution in [2.24, 2.45) is 45.8 Å². The second kappa shape index (κ2) is 8.34. The number of methoxy groups -OCH3 is 1. The molecule has 188 valence electrons. The predicted molar refractivity (Wildman–Crippen MR) is 133 cm³/mol.